The molecule has 1 fully saturated rings. The number of carbonyl (C=O) groups is 1. The molecule has 0 radical (unpaired) electrons. The molecule has 0 saturated carbocycles. The van der Waals surface area contributed by atoms with Gasteiger partial charge in [0.2, 0.25) is 0 Å². The van der Waals surface area contributed by atoms with Gasteiger partial charge in [-0.1, -0.05) is 13.3 Å². The highest BCUT2D eigenvalue weighted by Gasteiger charge is 2.22. The van der Waals surface area contributed by atoms with Crippen LogP contribution in [0.5, 0.6) is 0 Å². The van der Waals surface area contributed by atoms with Gasteiger partial charge in [-0.2, -0.15) is 0 Å². The number of esters is 1. The highest BCUT2D eigenvalue weighted by atomic mass is 16.5. The van der Waals surface area contributed by atoms with Crippen molar-refractivity contribution in [3.05, 3.63) is 0 Å². The maximum atomic E-state index is 11.1. The van der Waals surface area contributed by atoms with Gasteiger partial charge in [-0.05, 0) is 25.3 Å². The summed E-state index contributed by atoms with van der Waals surface area (Å²) in [4.78, 5) is 13.5. The molecule has 88 valence electrons. The lowest BCUT2D eigenvalue weighted by Gasteiger charge is -2.17. The summed E-state index contributed by atoms with van der Waals surface area (Å²) in [5.74, 6) is 0.528. The number of rotatable bonds is 5. The molecule has 2 unspecified atom stereocenters. The first-order valence-electron chi connectivity index (χ1n) is 5.73. The average molecular weight is 214 g/mol. The van der Waals surface area contributed by atoms with Gasteiger partial charge >= 0.3 is 5.97 Å². The second-order valence-corrected chi connectivity index (χ2v) is 4.28. The number of hydrogen-bond donors (Lipinski definition) is 1. The monoisotopic (exact) mass is 214 g/mol. The lowest BCUT2D eigenvalue weighted by Crippen LogP contribution is -2.35. The molecule has 2 N–H and O–H groups in total. The van der Waals surface area contributed by atoms with E-state index in [4.69, 9.17) is 5.73 Å². The minimum absolute atomic E-state index is 0.304. The van der Waals surface area contributed by atoms with E-state index >= 15 is 0 Å². The van der Waals surface area contributed by atoms with Crippen LogP contribution in [0.4, 0.5) is 0 Å². The van der Waals surface area contributed by atoms with Crippen molar-refractivity contribution >= 4 is 5.97 Å². The molecule has 1 aliphatic heterocycles. The van der Waals surface area contributed by atoms with E-state index in [1.807, 2.05) is 0 Å². The molecule has 0 bridgehead atoms. The first kappa shape index (κ1) is 12.5. The van der Waals surface area contributed by atoms with E-state index in [1.165, 1.54) is 20.0 Å². The van der Waals surface area contributed by atoms with Gasteiger partial charge in [0, 0.05) is 13.1 Å². The fraction of sp³-hybridized carbons (Fsp3) is 0.909. The Labute approximate surface area is 91.8 Å². The quantitative estimate of drug-likeness (QED) is 0.681. The molecule has 2 atom stereocenters. The van der Waals surface area contributed by atoms with Gasteiger partial charge in [0.05, 0.1) is 7.11 Å². The molecule has 1 heterocycles. The van der Waals surface area contributed by atoms with Crippen molar-refractivity contribution in [2.75, 3.05) is 26.7 Å². The fourth-order valence-electron chi connectivity index (χ4n) is 2.04. The molecule has 0 amide bonds. The molecule has 0 aromatic carbocycles. The number of hydrogen-bond acceptors (Lipinski definition) is 4. The number of methoxy groups -OCH3 is 1. The molecule has 1 saturated heterocycles. The van der Waals surface area contributed by atoms with Crippen molar-refractivity contribution < 1.29 is 9.53 Å². The zero-order valence-electron chi connectivity index (χ0n) is 9.74. The van der Waals surface area contributed by atoms with Crippen LogP contribution in [0.3, 0.4) is 0 Å². The predicted molar refractivity (Wildman–Crippen MR) is 59.4 cm³/mol. The van der Waals surface area contributed by atoms with Crippen molar-refractivity contribution in [2.24, 2.45) is 11.7 Å². The predicted octanol–water partition coefficient (Wildman–Crippen LogP) is 0.609. The molecule has 15 heavy (non-hydrogen) atoms. The smallest absolute Gasteiger partial charge is 0.322 e. The van der Waals surface area contributed by atoms with E-state index in [0.717, 1.165) is 25.6 Å². The molecular weight excluding hydrogens is 192 g/mol. The van der Waals surface area contributed by atoms with Crippen LogP contribution in [0.1, 0.15) is 26.2 Å². The topological polar surface area (TPSA) is 55.6 Å². The Balaban J connectivity index is 2.18. The SMILES string of the molecule is CCC1CCN(CCC(N)C(=O)OC)C1. The zero-order chi connectivity index (χ0) is 11.3. The van der Waals surface area contributed by atoms with Crippen molar-refractivity contribution in [2.45, 2.75) is 32.2 Å². The minimum Gasteiger partial charge on any atom is -0.468 e. The van der Waals surface area contributed by atoms with Gasteiger partial charge in [0.1, 0.15) is 6.04 Å². The maximum Gasteiger partial charge on any atom is 0.322 e. The van der Waals surface area contributed by atoms with Gasteiger partial charge in [0.25, 0.3) is 0 Å². The molecule has 0 aliphatic carbocycles. The Morgan fingerprint density at radius 1 is 1.67 bits per heavy atom. The molecular formula is C11H22N2O2. The third-order valence-electron chi connectivity index (χ3n) is 3.21. The van der Waals surface area contributed by atoms with Gasteiger partial charge in [0.15, 0.2) is 0 Å². The van der Waals surface area contributed by atoms with Crippen molar-refractivity contribution in [1.82, 2.24) is 4.90 Å². The Morgan fingerprint density at radius 3 is 2.93 bits per heavy atom. The van der Waals surface area contributed by atoms with Gasteiger partial charge in [-0.25, -0.2) is 0 Å². The van der Waals surface area contributed by atoms with E-state index in [2.05, 4.69) is 16.6 Å². The van der Waals surface area contributed by atoms with E-state index in [1.54, 1.807) is 0 Å². The van der Waals surface area contributed by atoms with Crippen molar-refractivity contribution in [1.29, 1.82) is 0 Å². The van der Waals surface area contributed by atoms with Crippen molar-refractivity contribution in [3.63, 3.8) is 0 Å². The number of carbonyl (C=O) groups excluding carboxylic acids is 1. The van der Waals surface area contributed by atoms with Crippen LogP contribution in [0.25, 0.3) is 0 Å². The minimum atomic E-state index is -0.462. The third kappa shape index (κ3) is 3.80. The van der Waals surface area contributed by atoms with Crippen LogP contribution in [0, 0.1) is 5.92 Å². The molecule has 4 nitrogen and oxygen atoms in total. The van der Waals surface area contributed by atoms with E-state index < -0.39 is 6.04 Å². The molecule has 0 spiro atoms. The van der Waals surface area contributed by atoms with Gasteiger partial charge in [-0.3, -0.25) is 4.79 Å². The summed E-state index contributed by atoms with van der Waals surface area (Å²) in [7, 11) is 1.38. The maximum absolute atomic E-state index is 11.1. The summed E-state index contributed by atoms with van der Waals surface area (Å²) >= 11 is 0. The summed E-state index contributed by atoms with van der Waals surface area (Å²) < 4.78 is 4.59. The second-order valence-electron chi connectivity index (χ2n) is 4.28. The Morgan fingerprint density at radius 2 is 2.40 bits per heavy atom. The standard InChI is InChI=1S/C11H22N2O2/c1-3-9-4-6-13(8-9)7-5-10(12)11(14)15-2/h9-10H,3-8,12H2,1-2H3. The first-order valence-corrected chi connectivity index (χ1v) is 5.73. The Kier molecular flexibility index (Phi) is 5.05. The summed E-state index contributed by atoms with van der Waals surface area (Å²) in [6.07, 6.45) is 3.23. The number of nitrogens with two attached hydrogens (primary N) is 1. The molecule has 4 heteroatoms. The number of likely N-dealkylation sites (tertiary alicyclic amines) is 1. The lowest BCUT2D eigenvalue weighted by atomic mass is 10.1. The Hall–Kier alpha value is -0.610. The molecule has 0 aromatic rings. The van der Waals surface area contributed by atoms with Crippen LogP contribution in [0.2, 0.25) is 0 Å². The number of nitrogens with zero attached hydrogens (tertiary/aromatic N) is 1. The summed E-state index contributed by atoms with van der Waals surface area (Å²) in [6.45, 7) is 5.44. The largest absolute Gasteiger partial charge is 0.468 e. The summed E-state index contributed by atoms with van der Waals surface area (Å²) in [6, 6.07) is -0.462. The number of ether oxygens (including phenoxy) is 1. The van der Waals surface area contributed by atoms with Gasteiger partial charge in [-0.15, -0.1) is 0 Å². The van der Waals surface area contributed by atoms with Crippen LogP contribution >= 0.6 is 0 Å². The molecule has 0 aromatic heterocycles. The van der Waals surface area contributed by atoms with E-state index in [0.29, 0.717) is 6.42 Å². The third-order valence-corrected chi connectivity index (χ3v) is 3.21. The summed E-state index contributed by atoms with van der Waals surface area (Å²) in [5.41, 5.74) is 5.67. The average Bonchev–Trinajstić information content (AvgIpc) is 2.72. The zero-order valence-corrected chi connectivity index (χ0v) is 9.74. The molecule has 1 aliphatic rings. The highest BCUT2D eigenvalue weighted by molar-refractivity contribution is 5.75. The second kappa shape index (κ2) is 6.08. The van der Waals surface area contributed by atoms with Crippen LogP contribution in [0.15, 0.2) is 0 Å². The lowest BCUT2D eigenvalue weighted by molar-refractivity contribution is -0.142. The van der Waals surface area contributed by atoms with Crippen LogP contribution < -0.4 is 5.73 Å². The summed E-state index contributed by atoms with van der Waals surface area (Å²) in [5, 5.41) is 0. The first-order chi connectivity index (χ1) is 7.17. The van der Waals surface area contributed by atoms with Crippen LogP contribution in [-0.2, 0) is 9.53 Å². The Bertz CT molecular complexity index is 209. The van der Waals surface area contributed by atoms with Gasteiger partial charge < -0.3 is 15.4 Å². The van der Waals surface area contributed by atoms with Crippen LogP contribution in [-0.4, -0.2) is 43.7 Å². The van der Waals surface area contributed by atoms with E-state index in [-0.39, 0.29) is 5.97 Å². The molecule has 1 rings (SSSR count). The van der Waals surface area contributed by atoms with Crippen molar-refractivity contribution in [3.8, 4) is 0 Å². The normalized spacial score (nSPS) is 24.1. The highest BCUT2D eigenvalue weighted by Crippen LogP contribution is 2.18. The fourth-order valence-corrected chi connectivity index (χ4v) is 2.04. The van der Waals surface area contributed by atoms with E-state index in [9.17, 15) is 4.79 Å².